The van der Waals surface area contributed by atoms with Crippen LogP contribution in [0.5, 0.6) is 0 Å². The SMILES string of the molecule is Cc1ncc(Cl)c(-c2ccn(C)c2)n1. The monoisotopic (exact) mass is 207 g/mol. The Hall–Kier alpha value is -1.35. The molecule has 0 radical (unpaired) electrons. The highest BCUT2D eigenvalue weighted by molar-refractivity contribution is 6.32. The number of aromatic nitrogens is 3. The fraction of sp³-hybridized carbons (Fsp3) is 0.200. The van der Waals surface area contributed by atoms with E-state index in [4.69, 9.17) is 11.6 Å². The number of nitrogens with zero attached hydrogens (tertiary/aromatic N) is 3. The summed E-state index contributed by atoms with van der Waals surface area (Å²) in [5.41, 5.74) is 1.81. The predicted octanol–water partition coefficient (Wildman–Crippen LogP) is 2.44. The fourth-order valence-electron chi connectivity index (χ4n) is 1.30. The molecule has 0 aliphatic heterocycles. The summed E-state index contributed by atoms with van der Waals surface area (Å²) in [5, 5.41) is 0.585. The van der Waals surface area contributed by atoms with Gasteiger partial charge in [-0.2, -0.15) is 0 Å². The van der Waals surface area contributed by atoms with Gasteiger partial charge in [-0.05, 0) is 13.0 Å². The third-order valence-corrected chi connectivity index (χ3v) is 2.25. The molecular formula is C10H10ClN3. The molecule has 14 heavy (non-hydrogen) atoms. The summed E-state index contributed by atoms with van der Waals surface area (Å²) in [6.07, 6.45) is 5.57. The lowest BCUT2D eigenvalue weighted by Gasteiger charge is -2.00. The molecule has 0 amide bonds. The van der Waals surface area contributed by atoms with Gasteiger partial charge in [-0.1, -0.05) is 11.6 Å². The highest BCUT2D eigenvalue weighted by Gasteiger charge is 2.06. The van der Waals surface area contributed by atoms with Crippen LogP contribution in [0.4, 0.5) is 0 Å². The largest absolute Gasteiger partial charge is 0.357 e. The summed E-state index contributed by atoms with van der Waals surface area (Å²) < 4.78 is 1.96. The third kappa shape index (κ3) is 1.63. The maximum atomic E-state index is 6.01. The zero-order valence-electron chi connectivity index (χ0n) is 8.03. The topological polar surface area (TPSA) is 30.7 Å². The Kier molecular flexibility index (Phi) is 2.25. The summed E-state index contributed by atoms with van der Waals surface area (Å²) in [4.78, 5) is 8.32. The van der Waals surface area contributed by atoms with E-state index < -0.39 is 0 Å². The van der Waals surface area contributed by atoms with E-state index in [1.54, 1.807) is 6.20 Å². The number of rotatable bonds is 1. The Morgan fingerprint density at radius 3 is 2.86 bits per heavy atom. The molecule has 0 atom stereocenters. The summed E-state index contributed by atoms with van der Waals surface area (Å²) in [6.45, 7) is 1.85. The quantitative estimate of drug-likeness (QED) is 0.719. The van der Waals surface area contributed by atoms with Gasteiger partial charge < -0.3 is 4.57 Å². The zero-order valence-corrected chi connectivity index (χ0v) is 8.78. The molecule has 0 fully saturated rings. The predicted molar refractivity (Wildman–Crippen MR) is 56.2 cm³/mol. The minimum absolute atomic E-state index is 0.585. The molecule has 0 aliphatic carbocycles. The van der Waals surface area contributed by atoms with Gasteiger partial charge in [0.05, 0.1) is 10.7 Å². The van der Waals surface area contributed by atoms with Crippen LogP contribution in [0.1, 0.15) is 5.82 Å². The fourth-order valence-corrected chi connectivity index (χ4v) is 1.50. The van der Waals surface area contributed by atoms with Gasteiger partial charge in [0, 0.05) is 31.2 Å². The first-order valence-corrected chi connectivity index (χ1v) is 4.66. The Bertz CT molecular complexity index is 462. The smallest absolute Gasteiger partial charge is 0.125 e. The highest BCUT2D eigenvalue weighted by atomic mass is 35.5. The summed E-state index contributed by atoms with van der Waals surface area (Å²) in [5.74, 6) is 0.730. The van der Waals surface area contributed by atoms with Crippen LogP contribution in [0, 0.1) is 6.92 Å². The van der Waals surface area contributed by atoms with Gasteiger partial charge in [-0.3, -0.25) is 0 Å². The minimum Gasteiger partial charge on any atom is -0.357 e. The Morgan fingerprint density at radius 1 is 1.43 bits per heavy atom. The first-order valence-electron chi connectivity index (χ1n) is 4.28. The third-order valence-electron chi connectivity index (χ3n) is 1.97. The van der Waals surface area contributed by atoms with E-state index in [0.717, 1.165) is 17.1 Å². The molecule has 0 saturated heterocycles. The van der Waals surface area contributed by atoms with Gasteiger partial charge in [0.1, 0.15) is 5.82 Å². The molecule has 2 heterocycles. The van der Waals surface area contributed by atoms with Crippen molar-refractivity contribution in [3.05, 3.63) is 35.5 Å². The normalized spacial score (nSPS) is 10.5. The van der Waals surface area contributed by atoms with Crippen molar-refractivity contribution in [1.82, 2.24) is 14.5 Å². The molecule has 2 aromatic rings. The van der Waals surface area contributed by atoms with Crippen molar-refractivity contribution in [1.29, 1.82) is 0 Å². The van der Waals surface area contributed by atoms with E-state index in [9.17, 15) is 0 Å². The molecule has 0 bridgehead atoms. The lowest BCUT2D eigenvalue weighted by Crippen LogP contribution is -1.90. The molecule has 0 unspecified atom stereocenters. The van der Waals surface area contributed by atoms with Crippen LogP contribution in [-0.4, -0.2) is 14.5 Å². The Labute approximate surface area is 87.4 Å². The standard InChI is InChI=1S/C10H10ClN3/c1-7-12-5-9(11)10(13-7)8-3-4-14(2)6-8/h3-6H,1-2H3. The second kappa shape index (κ2) is 3.42. The zero-order chi connectivity index (χ0) is 10.1. The molecule has 3 nitrogen and oxygen atoms in total. The van der Waals surface area contributed by atoms with Crippen LogP contribution in [0.3, 0.4) is 0 Å². The lowest BCUT2D eigenvalue weighted by molar-refractivity contribution is 0.928. The maximum absolute atomic E-state index is 6.01. The van der Waals surface area contributed by atoms with E-state index in [1.807, 2.05) is 37.0 Å². The molecule has 72 valence electrons. The van der Waals surface area contributed by atoms with Crippen molar-refractivity contribution >= 4 is 11.6 Å². The van der Waals surface area contributed by atoms with E-state index in [0.29, 0.717) is 5.02 Å². The van der Waals surface area contributed by atoms with Crippen LogP contribution in [0.2, 0.25) is 5.02 Å². The van der Waals surface area contributed by atoms with Crippen molar-refractivity contribution in [3.8, 4) is 11.3 Å². The van der Waals surface area contributed by atoms with Crippen LogP contribution in [0.15, 0.2) is 24.7 Å². The molecule has 0 N–H and O–H groups in total. The highest BCUT2D eigenvalue weighted by Crippen LogP contribution is 2.24. The van der Waals surface area contributed by atoms with Crippen LogP contribution < -0.4 is 0 Å². The second-order valence-corrected chi connectivity index (χ2v) is 3.59. The first kappa shape index (κ1) is 9.21. The van der Waals surface area contributed by atoms with Crippen molar-refractivity contribution in [3.63, 3.8) is 0 Å². The van der Waals surface area contributed by atoms with E-state index in [2.05, 4.69) is 9.97 Å². The summed E-state index contributed by atoms with van der Waals surface area (Å²) >= 11 is 6.01. The van der Waals surface area contributed by atoms with Gasteiger partial charge in [0.25, 0.3) is 0 Å². The molecular weight excluding hydrogens is 198 g/mol. The van der Waals surface area contributed by atoms with Gasteiger partial charge in [0.15, 0.2) is 0 Å². The first-order chi connectivity index (χ1) is 6.66. The molecule has 0 saturated carbocycles. The van der Waals surface area contributed by atoms with Gasteiger partial charge in [-0.25, -0.2) is 9.97 Å². The van der Waals surface area contributed by atoms with Gasteiger partial charge in [-0.15, -0.1) is 0 Å². The molecule has 0 spiro atoms. The Balaban J connectivity index is 2.55. The van der Waals surface area contributed by atoms with Crippen molar-refractivity contribution in [2.75, 3.05) is 0 Å². The average Bonchev–Trinajstić information content (AvgIpc) is 2.56. The summed E-state index contributed by atoms with van der Waals surface area (Å²) in [6, 6.07) is 1.98. The molecule has 2 rings (SSSR count). The van der Waals surface area contributed by atoms with Crippen molar-refractivity contribution in [2.24, 2.45) is 7.05 Å². The molecule has 0 aliphatic rings. The van der Waals surface area contributed by atoms with Crippen LogP contribution >= 0.6 is 11.6 Å². The van der Waals surface area contributed by atoms with Crippen LogP contribution in [0.25, 0.3) is 11.3 Å². The Morgan fingerprint density at radius 2 is 2.21 bits per heavy atom. The number of aryl methyl sites for hydroxylation is 2. The molecule has 4 heteroatoms. The van der Waals surface area contributed by atoms with E-state index >= 15 is 0 Å². The van der Waals surface area contributed by atoms with Crippen molar-refractivity contribution in [2.45, 2.75) is 6.92 Å². The number of hydrogen-bond donors (Lipinski definition) is 0. The number of hydrogen-bond acceptors (Lipinski definition) is 2. The van der Waals surface area contributed by atoms with Crippen LogP contribution in [-0.2, 0) is 7.05 Å². The molecule has 0 aromatic carbocycles. The van der Waals surface area contributed by atoms with Crippen molar-refractivity contribution < 1.29 is 0 Å². The number of halogens is 1. The van der Waals surface area contributed by atoms with Gasteiger partial charge >= 0.3 is 0 Å². The van der Waals surface area contributed by atoms with E-state index in [-0.39, 0.29) is 0 Å². The van der Waals surface area contributed by atoms with Gasteiger partial charge in [0.2, 0.25) is 0 Å². The summed E-state index contributed by atoms with van der Waals surface area (Å²) in [7, 11) is 1.96. The maximum Gasteiger partial charge on any atom is 0.125 e. The minimum atomic E-state index is 0.585. The van der Waals surface area contributed by atoms with E-state index in [1.165, 1.54) is 0 Å². The molecule has 2 aromatic heterocycles. The average molecular weight is 208 g/mol. The second-order valence-electron chi connectivity index (χ2n) is 3.18. The lowest BCUT2D eigenvalue weighted by atomic mass is 10.2.